The summed E-state index contributed by atoms with van der Waals surface area (Å²) in [6.45, 7) is 0. The molecule has 0 aliphatic rings. The van der Waals surface area contributed by atoms with Gasteiger partial charge in [0.15, 0.2) is 0 Å². The summed E-state index contributed by atoms with van der Waals surface area (Å²) >= 11 is 0. The van der Waals surface area contributed by atoms with E-state index in [9.17, 15) is 9.59 Å². The molecule has 0 aliphatic heterocycles. The van der Waals surface area contributed by atoms with Crippen molar-refractivity contribution in [2.24, 2.45) is 0 Å². The van der Waals surface area contributed by atoms with E-state index < -0.39 is 11.9 Å². The first-order chi connectivity index (χ1) is 11.6. The molecule has 6 heteroatoms. The second kappa shape index (κ2) is 27.2. The van der Waals surface area contributed by atoms with Gasteiger partial charge in [-0.1, -0.05) is 89.9 Å². The Morgan fingerprint density at radius 3 is 0.731 bits per heavy atom. The monoisotopic (exact) mass is 422 g/mol. The van der Waals surface area contributed by atoms with Crippen LogP contribution in [0.2, 0.25) is 0 Å². The fourth-order valence-corrected chi connectivity index (χ4v) is 3.03. The van der Waals surface area contributed by atoms with E-state index >= 15 is 0 Å². The van der Waals surface area contributed by atoms with Gasteiger partial charge in [-0.05, 0) is 12.8 Å². The van der Waals surface area contributed by atoms with Crippen LogP contribution in [0, 0.1) is 0 Å². The fraction of sp³-hybridized carbons (Fsp3) is 0.900. The summed E-state index contributed by atoms with van der Waals surface area (Å²) in [6, 6.07) is 0. The molecule has 0 atom stereocenters. The Labute approximate surface area is 248 Å². The first-order valence-corrected chi connectivity index (χ1v) is 10.1. The Bertz CT molecular complexity index is 293. The maximum Gasteiger partial charge on any atom is 1.00 e. The largest absolute Gasteiger partial charge is 1.00 e. The van der Waals surface area contributed by atoms with Crippen molar-refractivity contribution >= 4 is 11.9 Å². The van der Waals surface area contributed by atoms with E-state index in [1.165, 1.54) is 77.0 Å². The van der Waals surface area contributed by atoms with Crippen molar-refractivity contribution in [3.05, 3.63) is 0 Å². The number of hydrogen-bond donors (Lipinski definition) is 2. The third kappa shape index (κ3) is 30.9. The normalized spacial score (nSPS) is 10.0. The molecule has 0 fully saturated rings. The molecule has 0 aromatic heterocycles. The summed E-state index contributed by atoms with van der Waals surface area (Å²) in [6.07, 6.45) is 19.9. The second-order valence-electron chi connectivity index (χ2n) is 6.94. The molecule has 0 rings (SSSR count). The Morgan fingerprint density at radius 1 is 0.423 bits per heavy atom. The quantitative estimate of drug-likeness (QED) is 0.234. The summed E-state index contributed by atoms with van der Waals surface area (Å²) in [5.74, 6) is -1.35. The Balaban J connectivity index is -0.000000441. The van der Waals surface area contributed by atoms with Crippen LogP contribution in [0.25, 0.3) is 0 Å². The zero-order valence-corrected chi connectivity index (χ0v) is 23.7. The van der Waals surface area contributed by atoms with Crippen LogP contribution in [0.1, 0.15) is 118 Å². The maximum absolute atomic E-state index is 10.4. The van der Waals surface area contributed by atoms with Gasteiger partial charge in [-0.2, -0.15) is 0 Å². The summed E-state index contributed by atoms with van der Waals surface area (Å²) < 4.78 is 0. The van der Waals surface area contributed by atoms with Crippen molar-refractivity contribution in [1.82, 2.24) is 0 Å². The van der Waals surface area contributed by atoms with Crippen molar-refractivity contribution in [3.8, 4) is 0 Å². The molecule has 0 aromatic carbocycles. The molecule has 0 unspecified atom stereocenters. The van der Waals surface area contributed by atoms with E-state index in [1.54, 1.807) is 0 Å². The summed E-state index contributed by atoms with van der Waals surface area (Å²) in [5.41, 5.74) is 0. The van der Waals surface area contributed by atoms with Crippen LogP contribution in [0.3, 0.4) is 0 Å². The molecule has 26 heavy (non-hydrogen) atoms. The van der Waals surface area contributed by atoms with Crippen LogP contribution >= 0.6 is 0 Å². The van der Waals surface area contributed by atoms with Gasteiger partial charge in [0.1, 0.15) is 0 Å². The molecule has 0 saturated heterocycles. The molecule has 0 heterocycles. The smallest absolute Gasteiger partial charge is 1.00 e. The molecule has 0 amide bonds. The van der Waals surface area contributed by atoms with Crippen molar-refractivity contribution in [2.75, 3.05) is 0 Å². The van der Waals surface area contributed by atoms with Gasteiger partial charge in [0.05, 0.1) is 0 Å². The molecule has 2 N–H and O–H groups in total. The van der Waals surface area contributed by atoms with E-state index in [0.29, 0.717) is 12.8 Å². The van der Waals surface area contributed by atoms with Crippen molar-refractivity contribution in [3.63, 3.8) is 0 Å². The van der Waals surface area contributed by atoms with Crippen LogP contribution in [0.4, 0.5) is 0 Å². The molecule has 0 spiro atoms. The van der Waals surface area contributed by atoms with Gasteiger partial charge in [-0.25, -0.2) is 0 Å². The van der Waals surface area contributed by atoms with Crippen molar-refractivity contribution < 1.29 is 125 Å². The van der Waals surface area contributed by atoms with Gasteiger partial charge in [0.25, 0.3) is 0 Å². The van der Waals surface area contributed by atoms with Gasteiger partial charge < -0.3 is 13.1 Å². The Hall–Kier alpha value is 2.21. The number of rotatable bonds is 19. The second-order valence-corrected chi connectivity index (χ2v) is 6.94. The van der Waals surface area contributed by atoms with Crippen LogP contribution in [-0.2, 0) is 9.59 Å². The zero-order valence-electron chi connectivity index (χ0n) is 19.4. The van der Waals surface area contributed by atoms with E-state index in [2.05, 4.69) is 0 Å². The third-order valence-electron chi connectivity index (χ3n) is 4.53. The first-order valence-electron chi connectivity index (χ1n) is 10.1. The van der Waals surface area contributed by atoms with E-state index in [0.717, 1.165) is 25.7 Å². The fourth-order valence-electron chi connectivity index (χ4n) is 3.03. The molecule has 0 aromatic rings. The minimum atomic E-state index is -0.673. The van der Waals surface area contributed by atoms with Gasteiger partial charge in [-0.3, -0.25) is 9.59 Å². The van der Waals surface area contributed by atoms with E-state index in [1.807, 2.05) is 0 Å². The molecular formula is C20H40K2O4. The van der Waals surface area contributed by atoms with E-state index in [-0.39, 0.29) is 106 Å². The number of aliphatic carboxylic acids is 2. The number of hydrogen-bond acceptors (Lipinski definition) is 2. The summed E-state index contributed by atoms with van der Waals surface area (Å²) in [5, 5.41) is 17.1. The SMILES string of the molecule is O=C(O)CCCCCCCCCCCCCCCCCCC(=O)O.[H-].[H-].[K+].[K+]. The number of carboxylic acid groups (broad SMARTS) is 2. The molecule has 4 nitrogen and oxygen atoms in total. The van der Waals surface area contributed by atoms with Crippen LogP contribution < -0.4 is 103 Å². The summed E-state index contributed by atoms with van der Waals surface area (Å²) in [7, 11) is 0. The van der Waals surface area contributed by atoms with Crippen LogP contribution in [-0.4, -0.2) is 22.2 Å². The van der Waals surface area contributed by atoms with Crippen LogP contribution in [0.15, 0.2) is 0 Å². The van der Waals surface area contributed by atoms with Gasteiger partial charge in [0, 0.05) is 12.8 Å². The van der Waals surface area contributed by atoms with Gasteiger partial charge >= 0.3 is 115 Å². The minimum absolute atomic E-state index is 0. The number of unbranched alkanes of at least 4 members (excludes halogenated alkanes) is 15. The van der Waals surface area contributed by atoms with Gasteiger partial charge in [0.2, 0.25) is 0 Å². The Morgan fingerprint density at radius 2 is 0.577 bits per heavy atom. The summed E-state index contributed by atoms with van der Waals surface area (Å²) in [4.78, 5) is 20.7. The Kier molecular flexibility index (Phi) is 34.4. The molecule has 146 valence electrons. The zero-order chi connectivity index (χ0) is 17.9. The van der Waals surface area contributed by atoms with Crippen LogP contribution in [0.5, 0.6) is 0 Å². The minimum Gasteiger partial charge on any atom is -1.00 e. The molecule has 0 aliphatic carbocycles. The number of carboxylic acids is 2. The molecule has 0 bridgehead atoms. The standard InChI is InChI=1S/C20H38O4.2K.2H/c21-19(22)17-15-13-11-9-7-5-3-1-2-4-6-8-10-12-14-16-18-20(23)24;;;;/h1-18H2,(H,21,22)(H,23,24);;;;/q;2*+1;2*-1. The topological polar surface area (TPSA) is 74.6 Å². The predicted octanol–water partition coefficient (Wildman–Crippen LogP) is 0.410. The van der Waals surface area contributed by atoms with Crippen molar-refractivity contribution in [2.45, 2.75) is 116 Å². The average molecular weight is 423 g/mol. The average Bonchev–Trinajstić information content (AvgIpc) is 2.53. The molecule has 0 radical (unpaired) electrons. The number of carbonyl (C=O) groups is 2. The predicted molar refractivity (Wildman–Crippen MR) is 101 cm³/mol. The maximum atomic E-state index is 10.4. The molecule has 0 saturated carbocycles. The first kappa shape index (κ1) is 32.9. The van der Waals surface area contributed by atoms with Gasteiger partial charge in [-0.15, -0.1) is 0 Å². The van der Waals surface area contributed by atoms with E-state index in [4.69, 9.17) is 10.2 Å². The third-order valence-corrected chi connectivity index (χ3v) is 4.53. The molecular weight excluding hydrogens is 382 g/mol. The van der Waals surface area contributed by atoms with Crippen molar-refractivity contribution in [1.29, 1.82) is 0 Å².